The van der Waals surface area contributed by atoms with Crippen molar-refractivity contribution in [2.75, 3.05) is 6.61 Å². The Labute approximate surface area is 151 Å². The van der Waals surface area contributed by atoms with Gasteiger partial charge in [0.2, 0.25) is 5.91 Å². The highest BCUT2D eigenvalue weighted by molar-refractivity contribution is 5.83. The Bertz CT molecular complexity index is 421. The van der Waals surface area contributed by atoms with Gasteiger partial charge in [0.05, 0.1) is 12.2 Å². The van der Waals surface area contributed by atoms with Crippen LogP contribution in [0.4, 0.5) is 0 Å². The molecule has 5 nitrogen and oxygen atoms in total. The predicted molar refractivity (Wildman–Crippen MR) is 97.2 cm³/mol. The van der Waals surface area contributed by atoms with Crippen LogP contribution in [0.1, 0.15) is 78.1 Å². The molecule has 0 spiro atoms. The van der Waals surface area contributed by atoms with Gasteiger partial charge in [-0.2, -0.15) is 0 Å². The van der Waals surface area contributed by atoms with Gasteiger partial charge in [-0.1, -0.05) is 13.8 Å². The number of hydrogen-bond acceptors (Lipinski definition) is 4. The van der Waals surface area contributed by atoms with Crippen LogP contribution in [0.15, 0.2) is 0 Å². The first-order chi connectivity index (χ1) is 12.0. The summed E-state index contributed by atoms with van der Waals surface area (Å²) in [6, 6.07) is 0.226. The van der Waals surface area contributed by atoms with E-state index >= 15 is 0 Å². The maximum atomic E-state index is 12.1. The molecule has 2 rings (SSSR count). The Hall–Kier alpha value is -0.940. The van der Waals surface area contributed by atoms with Crippen LogP contribution in [0.5, 0.6) is 0 Å². The molecule has 0 atom stereocenters. The molecule has 0 saturated heterocycles. The number of aliphatic hydroxyl groups excluding tert-OH is 1. The Morgan fingerprint density at radius 2 is 1.68 bits per heavy atom. The van der Waals surface area contributed by atoms with Gasteiger partial charge in [0, 0.05) is 30.9 Å². The Balaban J connectivity index is 1.53. The number of Topliss-reactive ketones (excluding diaryl/α,β-unsaturated/α-hetero) is 1. The first-order valence-electron chi connectivity index (χ1n) is 10.1. The lowest BCUT2D eigenvalue weighted by molar-refractivity contribution is -0.127. The second kappa shape index (κ2) is 10.3. The van der Waals surface area contributed by atoms with E-state index in [0.29, 0.717) is 18.8 Å². The number of hydrogen-bond donors (Lipinski definition) is 2. The number of amides is 1. The topological polar surface area (TPSA) is 75.6 Å². The molecule has 0 aromatic carbocycles. The molecular formula is C20H35NO4. The van der Waals surface area contributed by atoms with Gasteiger partial charge in [0.25, 0.3) is 0 Å². The van der Waals surface area contributed by atoms with E-state index in [-0.39, 0.29) is 36.0 Å². The van der Waals surface area contributed by atoms with Gasteiger partial charge in [-0.15, -0.1) is 0 Å². The second-order valence-corrected chi connectivity index (χ2v) is 8.08. The van der Waals surface area contributed by atoms with Crippen LogP contribution in [0.25, 0.3) is 0 Å². The summed E-state index contributed by atoms with van der Waals surface area (Å²) in [5.41, 5.74) is 0. The molecule has 0 aromatic rings. The van der Waals surface area contributed by atoms with Crippen LogP contribution in [-0.2, 0) is 14.3 Å². The predicted octanol–water partition coefficient (Wildman–Crippen LogP) is 2.99. The summed E-state index contributed by atoms with van der Waals surface area (Å²) in [6.07, 6.45) is 8.46. The van der Waals surface area contributed by atoms with E-state index in [1.54, 1.807) is 0 Å². The highest BCUT2D eigenvalue weighted by atomic mass is 16.5. The van der Waals surface area contributed by atoms with E-state index in [1.807, 2.05) is 13.8 Å². The maximum Gasteiger partial charge on any atom is 0.220 e. The molecule has 5 heteroatoms. The van der Waals surface area contributed by atoms with Gasteiger partial charge < -0.3 is 15.2 Å². The molecule has 0 unspecified atom stereocenters. The average molecular weight is 354 g/mol. The van der Waals surface area contributed by atoms with Crippen molar-refractivity contribution in [2.45, 2.75) is 96.3 Å². The monoisotopic (exact) mass is 353 g/mol. The molecule has 144 valence electrons. The van der Waals surface area contributed by atoms with Gasteiger partial charge in [-0.3, -0.25) is 9.59 Å². The van der Waals surface area contributed by atoms with E-state index in [0.717, 1.165) is 57.8 Å². The Morgan fingerprint density at radius 3 is 2.28 bits per heavy atom. The average Bonchev–Trinajstić information content (AvgIpc) is 2.60. The van der Waals surface area contributed by atoms with Crippen molar-refractivity contribution in [3.63, 3.8) is 0 Å². The fourth-order valence-electron chi connectivity index (χ4n) is 3.99. The van der Waals surface area contributed by atoms with Crippen molar-refractivity contribution in [2.24, 2.45) is 11.8 Å². The van der Waals surface area contributed by atoms with E-state index in [1.165, 1.54) is 0 Å². The molecule has 1 amide bonds. The summed E-state index contributed by atoms with van der Waals surface area (Å²) >= 11 is 0. The summed E-state index contributed by atoms with van der Waals surface area (Å²) < 4.78 is 5.81. The van der Waals surface area contributed by atoms with Crippen LogP contribution >= 0.6 is 0 Å². The van der Waals surface area contributed by atoms with Gasteiger partial charge in [-0.25, -0.2) is 0 Å². The highest BCUT2D eigenvalue weighted by Gasteiger charge is 2.28. The minimum Gasteiger partial charge on any atom is -0.393 e. The Kier molecular flexibility index (Phi) is 8.37. The Morgan fingerprint density at radius 1 is 1.04 bits per heavy atom. The van der Waals surface area contributed by atoms with Crippen molar-refractivity contribution < 1.29 is 19.4 Å². The SMILES string of the molecule is CC(C)C(=O)C1CCC(NC(=O)CCCOC2CCC(O)CC2)CC1. The smallest absolute Gasteiger partial charge is 0.220 e. The quantitative estimate of drug-likeness (QED) is 0.658. The number of aliphatic hydroxyl groups is 1. The third kappa shape index (κ3) is 7.06. The molecule has 2 fully saturated rings. The molecule has 0 bridgehead atoms. The summed E-state index contributed by atoms with van der Waals surface area (Å²) in [5.74, 6) is 0.776. The molecule has 0 aromatic heterocycles. The van der Waals surface area contributed by atoms with E-state index in [4.69, 9.17) is 4.74 Å². The van der Waals surface area contributed by atoms with E-state index in [2.05, 4.69) is 5.32 Å². The van der Waals surface area contributed by atoms with Crippen molar-refractivity contribution in [1.29, 1.82) is 0 Å². The molecule has 0 heterocycles. The number of nitrogens with one attached hydrogen (secondary N) is 1. The zero-order chi connectivity index (χ0) is 18.2. The van der Waals surface area contributed by atoms with Crippen LogP contribution in [0.3, 0.4) is 0 Å². The minimum atomic E-state index is -0.156. The van der Waals surface area contributed by atoms with Gasteiger partial charge in [-0.05, 0) is 57.8 Å². The van der Waals surface area contributed by atoms with Crippen LogP contribution in [0, 0.1) is 11.8 Å². The van der Waals surface area contributed by atoms with Gasteiger partial charge in [0.1, 0.15) is 5.78 Å². The number of carbonyl (C=O) groups is 2. The molecular weight excluding hydrogens is 318 g/mol. The standard InChI is InChI=1S/C20H35NO4/c1-14(2)20(24)15-5-7-16(8-6-15)21-19(23)4-3-13-25-18-11-9-17(22)10-12-18/h14-18,22H,3-13H2,1-2H3,(H,21,23). The third-order valence-electron chi connectivity index (χ3n) is 5.61. The van der Waals surface area contributed by atoms with Gasteiger partial charge >= 0.3 is 0 Å². The summed E-state index contributed by atoms with van der Waals surface area (Å²) in [5, 5.41) is 12.6. The van der Waals surface area contributed by atoms with Crippen LogP contribution in [-0.4, -0.2) is 41.7 Å². The van der Waals surface area contributed by atoms with Crippen molar-refractivity contribution >= 4 is 11.7 Å². The lowest BCUT2D eigenvalue weighted by atomic mass is 9.80. The number of ether oxygens (including phenoxy) is 1. The third-order valence-corrected chi connectivity index (χ3v) is 5.61. The largest absolute Gasteiger partial charge is 0.393 e. The second-order valence-electron chi connectivity index (χ2n) is 8.08. The number of rotatable bonds is 8. The van der Waals surface area contributed by atoms with Crippen LogP contribution in [0.2, 0.25) is 0 Å². The molecule has 0 aliphatic heterocycles. The molecule has 25 heavy (non-hydrogen) atoms. The molecule has 2 aliphatic rings. The van der Waals surface area contributed by atoms with Crippen molar-refractivity contribution in [3.05, 3.63) is 0 Å². The fourth-order valence-corrected chi connectivity index (χ4v) is 3.99. The molecule has 2 saturated carbocycles. The van der Waals surface area contributed by atoms with Crippen molar-refractivity contribution in [1.82, 2.24) is 5.32 Å². The minimum absolute atomic E-state index is 0.0984. The highest BCUT2D eigenvalue weighted by Crippen LogP contribution is 2.27. The van der Waals surface area contributed by atoms with E-state index in [9.17, 15) is 14.7 Å². The molecule has 2 aliphatic carbocycles. The lowest BCUT2D eigenvalue weighted by Crippen LogP contribution is -2.39. The summed E-state index contributed by atoms with van der Waals surface area (Å²) in [4.78, 5) is 24.1. The summed E-state index contributed by atoms with van der Waals surface area (Å²) in [7, 11) is 0. The van der Waals surface area contributed by atoms with Crippen LogP contribution < -0.4 is 5.32 Å². The maximum absolute atomic E-state index is 12.1. The zero-order valence-electron chi connectivity index (χ0n) is 15.8. The number of carbonyl (C=O) groups excluding carboxylic acids is 2. The fraction of sp³-hybridized carbons (Fsp3) is 0.900. The first kappa shape index (κ1) is 20.4. The number of ketones is 1. The first-order valence-corrected chi connectivity index (χ1v) is 10.1. The lowest BCUT2D eigenvalue weighted by Gasteiger charge is -2.29. The molecule has 0 radical (unpaired) electrons. The zero-order valence-corrected chi connectivity index (χ0v) is 15.8. The summed E-state index contributed by atoms with van der Waals surface area (Å²) in [6.45, 7) is 4.55. The normalized spacial score (nSPS) is 30.2. The molecule has 2 N–H and O–H groups in total. The van der Waals surface area contributed by atoms with Crippen molar-refractivity contribution in [3.8, 4) is 0 Å². The van der Waals surface area contributed by atoms with Gasteiger partial charge in [0.15, 0.2) is 0 Å². The van der Waals surface area contributed by atoms with E-state index < -0.39 is 0 Å².